The molecule has 0 saturated heterocycles. The summed E-state index contributed by atoms with van der Waals surface area (Å²) in [7, 11) is -4.24. The molecule has 5 nitrogen and oxygen atoms in total. The predicted octanol–water partition coefficient (Wildman–Crippen LogP) is 0.497. The molecule has 73 valence electrons. The van der Waals surface area contributed by atoms with Crippen molar-refractivity contribution < 1.29 is 24.3 Å². The molecular weight excluding hydrogens is 235 g/mol. The van der Waals surface area contributed by atoms with E-state index in [0.29, 0.717) is 0 Å². The number of hydrogen-bond donors (Lipinski definition) is 2. The molecule has 1 aromatic carbocycles. The molecule has 0 aliphatic heterocycles. The third kappa shape index (κ3) is 3.77. The van der Waals surface area contributed by atoms with Gasteiger partial charge in [-0.3, -0.25) is 4.55 Å². The van der Waals surface area contributed by atoms with E-state index < -0.39 is 16.1 Å². The largest absolute Gasteiger partial charge is 0.478 e. The minimum Gasteiger partial charge on any atom is -0.478 e. The maximum absolute atomic E-state index is 10.5. The smallest absolute Gasteiger partial charge is 0.335 e. The van der Waals surface area contributed by atoms with E-state index >= 15 is 0 Å². The average molecular weight is 243 g/mol. The van der Waals surface area contributed by atoms with Crippen molar-refractivity contribution in [1.82, 2.24) is 0 Å². The fourth-order valence-electron chi connectivity index (χ4n) is 0.769. The summed E-state index contributed by atoms with van der Waals surface area (Å²) in [6, 6.07) is 4.26. The van der Waals surface area contributed by atoms with E-state index in [1.807, 2.05) is 0 Å². The van der Waals surface area contributed by atoms with Crippen molar-refractivity contribution in [3.63, 3.8) is 0 Å². The van der Waals surface area contributed by atoms with Crippen LogP contribution in [0.25, 0.3) is 0 Å². The maximum atomic E-state index is 10.5. The Morgan fingerprint density at radius 1 is 1.21 bits per heavy atom. The number of benzene rings is 1. The Hall–Kier alpha value is 0.236. The second kappa shape index (κ2) is 5.36. The standard InChI is InChI=1S/C7H6O5S.K.H2/c8-7(9)5-1-3-6(4-2-5)13(10,11)12;;/h1-4H,(H,8,9)(H,10,11,12);;1H. The summed E-state index contributed by atoms with van der Waals surface area (Å²) in [5.41, 5.74) is -0.0348. The van der Waals surface area contributed by atoms with Crippen molar-refractivity contribution in [2.24, 2.45) is 0 Å². The van der Waals surface area contributed by atoms with Gasteiger partial charge in [0.25, 0.3) is 10.1 Å². The van der Waals surface area contributed by atoms with Crippen LogP contribution in [0.5, 0.6) is 0 Å². The maximum Gasteiger partial charge on any atom is 0.335 e. The third-order valence-electron chi connectivity index (χ3n) is 1.40. The molecule has 1 aromatic rings. The van der Waals surface area contributed by atoms with Gasteiger partial charge in [-0.15, -0.1) is 0 Å². The SMILES string of the molecule is O=C(O)c1ccc(S(=O)(=O)O)cc1.[HH].[K]. The first-order chi connectivity index (χ1) is 5.91. The molecule has 0 saturated carbocycles. The summed E-state index contributed by atoms with van der Waals surface area (Å²) < 4.78 is 29.6. The molecule has 0 bridgehead atoms. The van der Waals surface area contributed by atoms with Gasteiger partial charge in [-0.1, -0.05) is 0 Å². The van der Waals surface area contributed by atoms with Gasteiger partial charge in [0, 0.05) is 52.8 Å². The van der Waals surface area contributed by atoms with Crippen molar-refractivity contribution in [1.29, 1.82) is 0 Å². The van der Waals surface area contributed by atoms with Crippen LogP contribution < -0.4 is 0 Å². The van der Waals surface area contributed by atoms with Crippen molar-refractivity contribution in [2.45, 2.75) is 4.90 Å². The molecule has 0 fully saturated rings. The first-order valence-electron chi connectivity index (χ1n) is 3.22. The number of aromatic carboxylic acids is 1. The Morgan fingerprint density at radius 2 is 1.64 bits per heavy atom. The van der Waals surface area contributed by atoms with Crippen LogP contribution in [0.2, 0.25) is 0 Å². The topological polar surface area (TPSA) is 91.7 Å². The Labute approximate surface area is 125 Å². The molecule has 0 atom stereocenters. The van der Waals surface area contributed by atoms with Gasteiger partial charge >= 0.3 is 5.97 Å². The normalized spacial score (nSPS) is 10.4. The van der Waals surface area contributed by atoms with Crippen LogP contribution in [0.4, 0.5) is 0 Å². The Bertz CT molecular complexity index is 427. The number of carboxylic acids is 1. The Morgan fingerprint density at radius 3 is 1.93 bits per heavy atom. The molecule has 2 N–H and O–H groups in total. The van der Waals surface area contributed by atoms with E-state index in [9.17, 15) is 13.2 Å². The molecule has 0 heterocycles. The van der Waals surface area contributed by atoms with Crippen LogP contribution >= 0.6 is 0 Å². The van der Waals surface area contributed by atoms with Crippen LogP contribution in [0.3, 0.4) is 0 Å². The summed E-state index contributed by atoms with van der Waals surface area (Å²) in [6.45, 7) is 0. The van der Waals surface area contributed by atoms with Gasteiger partial charge < -0.3 is 5.11 Å². The summed E-state index contributed by atoms with van der Waals surface area (Å²) >= 11 is 0. The van der Waals surface area contributed by atoms with Gasteiger partial charge in [0.2, 0.25) is 0 Å². The van der Waals surface area contributed by atoms with E-state index in [1.54, 1.807) is 0 Å². The van der Waals surface area contributed by atoms with E-state index in [2.05, 4.69) is 0 Å². The number of carboxylic acid groups (broad SMARTS) is 1. The molecule has 0 aliphatic rings. The molecular formula is C7H8KO5S. The summed E-state index contributed by atoms with van der Waals surface area (Å²) in [5, 5.41) is 8.47. The van der Waals surface area contributed by atoms with Crippen molar-refractivity contribution in [3.8, 4) is 0 Å². The molecule has 14 heavy (non-hydrogen) atoms. The Balaban J connectivity index is 0. The quantitative estimate of drug-likeness (QED) is 0.583. The molecule has 0 unspecified atom stereocenters. The van der Waals surface area contributed by atoms with Gasteiger partial charge in [-0.2, -0.15) is 8.42 Å². The molecule has 0 spiro atoms. The molecule has 1 radical (unpaired) electrons. The van der Waals surface area contributed by atoms with E-state index in [1.165, 1.54) is 0 Å². The fraction of sp³-hybridized carbons (Fsp3) is 0. The molecule has 7 heteroatoms. The predicted molar refractivity (Wildman–Crippen MR) is 51.1 cm³/mol. The third-order valence-corrected chi connectivity index (χ3v) is 2.27. The van der Waals surface area contributed by atoms with E-state index in [-0.39, 0.29) is 63.3 Å². The van der Waals surface area contributed by atoms with Crippen molar-refractivity contribution in [2.75, 3.05) is 0 Å². The second-order valence-corrected chi connectivity index (χ2v) is 3.73. The monoisotopic (exact) mass is 243 g/mol. The van der Waals surface area contributed by atoms with Crippen molar-refractivity contribution >= 4 is 67.5 Å². The number of hydrogen-bond acceptors (Lipinski definition) is 3. The zero-order valence-corrected chi connectivity index (χ0v) is 11.3. The van der Waals surface area contributed by atoms with Crippen LogP contribution in [-0.2, 0) is 10.1 Å². The number of rotatable bonds is 2. The minimum atomic E-state index is -4.24. The average Bonchev–Trinajstić information content (AvgIpc) is 2.03. The zero-order valence-electron chi connectivity index (χ0n) is 7.34. The van der Waals surface area contributed by atoms with Crippen LogP contribution in [0, 0.1) is 0 Å². The van der Waals surface area contributed by atoms with Gasteiger partial charge in [-0.25, -0.2) is 4.79 Å². The zero-order chi connectivity index (χ0) is 10.1. The molecule has 0 aliphatic carbocycles. The van der Waals surface area contributed by atoms with E-state index in [4.69, 9.17) is 9.66 Å². The molecule has 1 rings (SSSR count). The summed E-state index contributed by atoms with van der Waals surface area (Å²) in [6.07, 6.45) is 0. The first kappa shape index (κ1) is 14.2. The first-order valence-corrected chi connectivity index (χ1v) is 4.66. The number of carbonyl (C=O) groups is 1. The van der Waals surface area contributed by atoms with E-state index in [0.717, 1.165) is 24.3 Å². The van der Waals surface area contributed by atoms with Crippen molar-refractivity contribution in [3.05, 3.63) is 29.8 Å². The van der Waals surface area contributed by atoms with Gasteiger partial charge in [0.1, 0.15) is 0 Å². The fourth-order valence-corrected chi connectivity index (χ4v) is 1.25. The van der Waals surface area contributed by atoms with Gasteiger partial charge in [0.05, 0.1) is 10.5 Å². The van der Waals surface area contributed by atoms with Gasteiger partial charge in [-0.05, 0) is 24.3 Å². The summed E-state index contributed by atoms with van der Waals surface area (Å²) in [4.78, 5) is 10.0. The molecule has 0 aromatic heterocycles. The van der Waals surface area contributed by atoms with Crippen LogP contribution in [0.1, 0.15) is 11.8 Å². The second-order valence-electron chi connectivity index (χ2n) is 2.30. The van der Waals surface area contributed by atoms with Gasteiger partial charge in [0.15, 0.2) is 0 Å². The Kier molecular flexibility index (Phi) is 5.45. The minimum absolute atomic E-state index is 0. The molecule has 0 amide bonds. The summed E-state index contributed by atoms with van der Waals surface area (Å²) in [5.74, 6) is -1.15. The van der Waals surface area contributed by atoms with Crippen LogP contribution in [0.15, 0.2) is 29.2 Å². The van der Waals surface area contributed by atoms with Crippen LogP contribution in [-0.4, -0.2) is 75.4 Å².